The topological polar surface area (TPSA) is 89.3 Å². The number of rotatable bonds is 5. The zero-order chi connectivity index (χ0) is 17.2. The normalized spacial score (nSPS) is 14.2. The first-order chi connectivity index (χ1) is 11.4. The van der Waals surface area contributed by atoms with Gasteiger partial charge in [-0.2, -0.15) is 0 Å². The first kappa shape index (κ1) is 17.1. The largest absolute Gasteiger partial charge is 0.351 e. The number of nitrogens with one attached hydrogen (secondary N) is 1. The Kier molecular flexibility index (Phi) is 5.03. The van der Waals surface area contributed by atoms with Crippen molar-refractivity contribution in [3.8, 4) is 0 Å². The first-order valence-electron chi connectivity index (χ1n) is 7.95. The van der Waals surface area contributed by atoms with Gasteiger partial charge in [0.1, 0.15) is 0 Å². The number of carbonyl (C=O) groups excluding carboxylic acids is 1. The number of carbonyl (C=O) groups is 1. The number of fused-ring (bicyclic) bond motifs is 1. The summed E-state index contributed by atoms with van der Waals surface area (Å²) in [6, 6.07) is 8.43. The van der Waals surface area contributed by atoms with Crippen LogP contribution in [0.5, 0.6) is 0 Å². The molecule has 1 aliphatic carbocycles. The molecule has 0 unspecified atom stereocenters. The van der Waals surface area contributed by atoms with E-state index >= 15 is 0 Å². The van der Waals surface area contributed by atoms with Crippen molar-refractivity contribution in [2.75, 3.05) is 6.54 Å². The Bertz CT molecular complexity index is 816. The molecule has 5 nitrogen and oxygen atoms in total. The minimum Gasteiger partial charge on any atom is -0.351 e. The van der Waals surface area contributed by atoms with Gasteiger partial charge in [0.2, 0.25) is 10.0 Å². The zero-order valence-corrected chi connectivity index (χ0v) is 14.9. The van der Waals surface area contributed by atoms with Crippen LogP contribution in [0.2, 0.25) is 0 Å². The molecule has 7 heteroatoms. The first-order valence-corrected chi connectivity index (χ1v) is 10.3. The summed E-state index contributed by atoms with van der Waals surface area (Å²) in [5.74, 6) is -0.0319. The standard InChI is InChI=1S/C17H20N2O3S2/c18-24(21,22)14-7-5-12(6-8-14)9-10-19-17(20)16-11-13-3-1-2-4-15(13)23-16/h5-8,11H,1-4,9-10H2,(H,19,20)(H2,18,21,22). The Morgan fingerprint density at radius 3 is 2.54 bits per heavy atom. The zero-order valence-electron chi connectivity index (χ0n) is 13.2. The number of primary sulfonamides is 1. The van der Waals surface area contributed by atoms with Gasteiger partial charge in [-0.25, -0.2) is 13.6 Å². The molecule has 0 spiro atoms. The molecule has 3 rings (SSSR count). The molecule has 1 heterocycles. The summed E-state index contributed by atoms with van der Waals surface area (Å²) >= 11 is 1.60. The van der Waals surface area contributed by atoms with Crippen molar-refractivity contribution in [1.29, 1.82) is 0 Å². The highest BCUT2D eigenvalue weighted by molar-refractivity contribution is 7.89. The molecule has 1 amide bonds. The lowest BCUT2D eigenvalue weighted by Crippen LogP contribution is -2.24. The number of nitrogens with two attached hydrogens (primary N) is 1. The Morgan fingerprint density at radius 2 is 1.88 bits per heavy atom. The van der Waals surface area contributed by atoms with Crippen LogP contribution in [-0.2, 0) is 29.3 Å². The van der Waals surface area contributed by atoms with Crippen molar-refractivity contribution in [2.24, 2.45) is 5.14 Å². The number of benzene rings is 1. The molecule has 0 aliphatic heterocycles. The molecule has 0 fully saturated rings. The average molecular weight is 364 g/mol. The van der Waals surface area contributed by atoms with Crippen LogP contribution in [0.25, 0.3) is 0 Å². The molecule has 1 aliphatic rings. The van der Waals surface area contributed by atoms with E-state index in [0.717, 1.165) is 23.3 Å². The highest BCUT2D eigenvalue weighted by Gasteiger charge is 2.16. The van der Waals surface area contributed by atoms with Gasteiger partial charge < -0.3 is 5.32 Å². The molecule has 1 aromatic heterocycles. The van der Waals surface area contributed by atoms with Crippen molar-refractivity contribution >= 4 is 27.3 Å². The Hall–Kier alpha value is -1.70. The van der Waals surface area contributed by atoms with Gasteiger partial charge in [0.15, 0.2) is 0 Å². The van der Waals surface area contributed by atoms with E-state index in [1.54, 1.807) is 23.5 Å². The maximum absolute atomic E-state index is 12.2. The van der Waals surface area contributed by atoms with Crippen LogP contribution in [0.3, 0.4) is 0 Å². The highest BCUT2D eigenvalue weighted by atomic mass is 32.2. The quantitative estimate of drug-likeness (QED) is 0.853. The van der Waals surface area contributed by atoms with E-state index in [1.165, 1.54) is 35.4 Å². The second-order valence-electron chi connectivity index (χ2n) is 5.96. The fraction of sp³-hybridized carbons (Fsp3) is 0.353. The van der Waals surface area contributed by atoms with Crippen molar-refractivity contribution in [2.45, 2.75) is 37.0 Å². The summed E-state index contributed by atoms with van der Waals surface area (Å²) in [6.07, 6.45) is 5.23. The lowest BCUT2D eigenvalue weighted by Gasteiger charge is -2.08. The molecule has 24 heavy (non-hydrogen) atoms. The highest BCUT2D eigenvalue weighted by Crippen LogP contribution is 2.29. The Labute approximate surface area is 145 Å². The Morgan fingerprint density at radius 1 is 1.17 bits per heavy atom. The SMILES string of the molecule is NS(=O)(=O)c1ccc(CCNC(=O)c2cc3c(s2)CCCC3)cc1. The lowest BCUT2D eigenvalue weighted by atomic mass is 9.99. The fourth-order valence-electron chi connectivity index (χ4n) is 2.86. The van der Waals surface area contributed by atoms with E-state index < -0.39 is 10.0 Å². The van der Waals surface area contributed by atoms with E-state index in [4.69, 9.17) is 5.14 Å². The molecule has 0 bridgehead atoms. The summed E-state index contributed by atoms with van der Waals surface area (Å²) in [4.78, 5) is 14.5. The lowest BCUT2D eigenvalue weighted by molar-refractivity contribution is 0.0958. The van der Waals surface area contributed by atoms with Crippen LogP contribution in [0.4, 0.5) is 0 Å². The number of sulfonamides is 1. The monoisotopic (exact) mass is 364 g/mol. The van der Waals surface area contributed by atoms with Crippen LogP contribution in [-0.4, -0.2) is 20.9 Å². The van der Waals surface area contributed by atoms with Gasteiger partial charge in [0.25, 0.3) is 5.91 Å². The molecular weight excluding hydrogens is 344 g/mol. The third-order valence-corrected chi connectivity index (χ3v) is 6.34. The van der Waals surface area contributed by atoms with Gasteiger partial charge in [-0.15, -0.1) is 11.3 Å². The number of thiophene rings is 1. The number of amides is 1. The van der Waals surface area contributed by atoms with Crippen molar-refractivity contribution in [3.05, 3.63) is 51.2 Å². The van der Waals surface area contributed by atoms with Crippen LogP contribution >= 0.6 is 11.3 Å². The van der Waals surface area contributed by atoms with Crippen molar-refractivity contribution in [3.63, 3.8) is 0 Å². The molecule has 0 saturated carbocycles. The second kappa shape index (κ2) is 7.04. The minimum absolute atomic E-state index is 0.0319. The van der Waals surface area contributed by atoms with Gasteiger partial charge in [-0.1, -0.05) is 12.1 Å². The average Bonchev–Trinajstić information content (AvgIpc) is 2.98. The molecule has 2 aromatic rings. The number of aryl methyl sites for hydroxylation is 2. The number of hydrogen-bond acceptors (Lipinski definition) is 4. The van der Waals surface area contributed by atoms with E-state index in [2.05, 4.69) is 5.32 Å². The predicted octanol–water partition coefficient (Wildman–Crippen LogP) is 2.25. The van der Waals surface area contributed by atoms with E-state index in [-0.39, 0.29) is 10.8 Å². The minimum atomic E-state index is -3.66. The van der Waals surface area contributed by atoms with E-state index in [0.29, 0.717) is 13.0 Å². The summed E-state index contributed by atoms with van der Waals surface area (Å²) in [5.41, 5.74) is 2.28. The second-order valence-corrected chi connectivity index (χ2v) is 8.66. The summed E-state index contributed by atoms with van der Waals surface area (Å²) in [5, 5.41) is 8.00. The van der Waals surface area contributed by atoms with Gasteiger partial charge in [-0.3, -0.25) is 4.79 Å². The van der Waals surface area contributed by atoms with Crippen molar-refractivity contribution in [1.82, 2.24) is 5.32 Å². The van der Waals surface area contributed by atoms with E-state index in [1.807, 2.05) is 6.07 Å². The molecule has 128 valence electrons. The van der Waals surface area contributed by atoms with Gasteiger partial charge in [0.05, 0.1) is 9.77 Å². The molecule has 0 saturated heterocycles. The predicted molar refractivity (Wildman–Crippen MR) is 94.8 cm³/mol. The smallest absolute Gasteiger partial charge is 0.261 e. The van der Waals surface area contributed by atoms with Gasteiger partial charge >= 0.3 is 0 Å². The van der Waals surface area contributed by atoms with Crippen molar-refractivity contribution < 1.29 is 13.2 Å². The molecule has 0 radical (unpaired) electrons. The summed E-state index contributed by atoms with van der Waals surface area (Å²) < 4.78 is 22.4. The third-order valence-electron chi connectivity index (χ3n) is 4.17. The van der Waals surface area contributed by atoms with Gasteiger partial charge in [-0.05, 0) is 61.4 Å². The molecule has 3 N–H and O–H groups in total. The van der Waals surface area contributed by atoms with Gasteiger partial charge in [0, 0.05) is 11.4 Å². The van der Waals surface area contributed by atoms with Crippen LogP contribution < -0.4 is 10.5 Å². The molecular formula is C17H20N2O3S2. The molecule has 1 aromatic carbocycles. The fourth-order valence-corrected chi connectivity index (χ4v) is 4.54. The van der Waals surface area contributed by atoms with Crippen LogP contribution in [0.15, 0.2) is 35.2 Å². The third kappa shape index (κ3) is 4.03. The van der Waals surface area contributed by atoms with E-state index in [9.17, 15) is 13.2 Å². The summed E-state index contributed by atoms with van der Waals surface area (Å²) in [6.45, 7) is 0.510. The summed E-state index contributed by atoms with van der Waals surface area (Å²) in [7, 11) is -3.66. The maximum atomic E-state index is 12.2. The number of hydrogen-bond donors (Lipinski definition) is 2. The van der Waals surface area contributed by atoms with Crippen LogP contribution in [0, 0.1) is 0 Å². The van der Waals surface area contributed by atoms with Crippen LogP contribution in [0.1, 0.15) is 38.5 Å². The maximum Gasteiger partial charge on any atom is 0.261 e. The Balaban J connectivity index is 1.54. The molecule has 0 atom stereocenters.